The van der Waals surface area contributed by atoms with Gasteiger partial charge in [0.05, 0.1) is 18.3 Å². The van der Waals surface area contributed by atoms with Crippen molar-refractivity contribution in [1.82, 2.24) is 10.7 Å². The summed E-state index contributed by atoms with van der Waals surface area (Å²) in [6.45, 7) is 2.55. The maximum Gasteiger partial charge on any atom is 0.329 e. The number of rotatable bonds is 8. The van der Waals surface area contributed by atoms with E-state index in [0.29, 0.717) is 28.7 Å². The van der Waals surface area contributed by atoms with Crippen LogP contribution in [-0.4, -0.2) is 25.1 Å². The summed E-state index contributed by atoms with van der Waals surface area (Å²) in [4.78, 5) is 23.9. The Morgan fingerprint density at radius 2 is 1.73 bits per heavy atom. The van der Waals surface area contributed by atoms with Gasteiger partial charge < -0.3 is 14.8 Å². The van der Waals surface area contributed by atoms with E-state index in [-0.39, 0.29) is 6.54 Å². The molecule has 0 aliphatic heterocycles. The lowest BCUT2D eigenvalue weighted by Crippen LogP contribution is -2.37. The lowest BCUT2D eigenvalue weighted by Gasteiger charge is -2.13. The summed E-state index contributed by atoms with van der Waals surface area (Å²) in [5.74, 6) is -0.839. The molecule has 0 aliphatic carbocycles. The molecule has 0 unspecified atom stereocenters. The molecular weight excluding hydrogens is 442 g/mol. The average Bonchev–Trinajstić information content (AvgIpc) is 2.83. The molecule has 0 bridgehead atoms. The summed E-state index contributed by atoms with van der Waals surface area (Å²) in [5.41, 5.74) is 5.75. The van der Waals surface area contributed by atoms with Crippen molar-refractivity contribution in [2.24, 2.45) is 5.10 Å². The van der Waals surface area contributed by atoms with E-state index in [2.05, 4.69) is 15.8 Å². The van der Waals surface area contributed by atoms with E-state index in [9.17, 15) is 9.59 Å². The molecule has 0 aliphatic rings. The first-order valence-corrected chi connectivity index (χ1v) is 10.5. The minimum absolute atomic E-state index is 0.244. The van der Waals surface area contributed by atoms with Gasteiger partial charge in [0, 0.05) is 6.54 Å². The summed E-state index contributed by atoms with van der Waals surface area (Å²) >= 11 is 6.36. The number of carbonyl (C=O) groups is 2. The fourth-order valence-electron chi connectivity index (χ4n) is 2.87. The zero-order chi connectivity index (χ0) is 23.6. The molecule has 0 saturated carbocycles. The summed E-state index contributed by atoms with van der Waals surface area (Å²) in [6, 6.07) is 20.6. The molecule has 8 heteroatoms. The molecule has 2 N–H and O–H groups in total. The van der Waals surface area contributed by atoms with E-state index in [1.807, 2.05) is 61.5 Å². The Kier molecular flexibility index (Phi) is 8.43. The van der Waals surface area contributed by atoms with Crippen molar-refractivity contribution in [3.63, 3.8) is 0 Å². The van der Waals surface area contributed by atoms with E-state index >= 15 is 0 Å². The fourth-order valence-corrected chi connectivity index (χ4v) is 3.14. The van der Waals surface area contributed by atoms with Gasteiger partial charge in [-0.05, 0) is 35.7 Å². The van der Waals surface area contributed by atoms with Crippen LogP contribution in [0.2, 0.25) is 5.02 Å². The zero-order valence-corrected chi connectivity index (χ0v) is 19.1. The largest absolute Gasteiger partial charge is 0.493 e. The first-order valence-electron chi connectivity index (χ1n) is 10.2. The Morgan fingerprint density at radius 3 is 2.42 bits per heavy atom. The molecule has 33 heavy (non-hydrogen) atoms. The molecule has 0 heterocycles. The number of halogens is 1. The van der Waals surface area contributed by atoms with Crippen molar-refractivity contribution in [2.45, 2.75) is 20.1 Å². The molecule has 0 spiro atoms. The van der Waals surface area contributed by atoms with E-state index in [1.165, 1.54) is 13.3 Å². The van der Waals surface area contributed by atoms with Crippen LogP contribution in [0.5, 0.6) is 11.5 Å². The number of nitrogens with one attached hydrogen (secondary N) is 2. The highest BCUT2D eigenvalue weighted by molar-refractivity contribution is 6.35. The molecule has 170 valence electrons. The van der Waals surface area contributed by atoms with Gasteiger partial charge in [-0.3, -0.25) is 9.59 Å². The first kappa shape index (κ1) is 23.8. The van der Waals surface area contributed by atoms with Crippen LogP contribution in [0.25, 0.3) is 0 Å². The Morgan fingerprint density at radius 1 is 1.00 bits per heavy atom. The summed E-state index contributed by atoms with van der Waals surface area (Å²) in [5, 5.41) is 6.70. The monoisotopic (exact) mass is 465 g/mol. The number of amides is 2. The number of methoxy groups -OCH3 is 1. The molecule has 0 atom stereocenters. The Balaban J connectivity index is 1.56. The van der Waals surface area contributed by atoms with Crippen LogP contribution in [0.15, 0.2) is 71.8 Å². The summed E-state index contributed by atoms with van der Waals surface area (Å²) in [7, 11) is 1.50. The van der Waals surface area contributed by atoms with Gasteiger partial charge in [-0.2, -0.15) is 5.10 Å². The predicted octanol–water partition coefficient (Wildman–Crippen LogP) is 4.00. The summed E-state index contributed by atoms with van der Waals surface area (Å²) < 4.78 is 11.2. The Hall–Kier alpha value is -3.84. The molecule has 3 rings (SSSR count). The minimum Gasteiger partial charge on any atom is -0.493 e. The van der Waals surface area contributed by atoms with Gasteiger partial charge >= 0.3 is 11.8 Å². The number of aryl methyl sites for hydroxylation is 1. The van der Waals surface area contributed by atoms with Crippen LogP contribution < -0.4 is 20.2 Å². The lowest BCUT2D eigenvalue weighted by molar-refractivity contribution is -0.139. The third-order valence-corrected chi connectivity index (χ3v) is 4.92. The number of carbonyl (C=O) groups excluding carboxylic acids is 2. The molecule has 7 nitrogen and oxygen atoms in total. The maximum atomic E-state index is 12.0. The fraction of sp³-hybridized carbons (Fsp3) is 0.160. The van der Waals surface area contributed by atoms with E-state index in [1.54, 1.807) is 12.1 Å². The number of hydrogen-bond acceptors (Lipinski definition) is 5. The van der Waals surface area contributed by atoms with E-state index < -0.39 is 11.8 Å². The number of hydrogen-bond donors (Lipinski definition) is 2. The average molecular weight is 466 g/mol. The van der Waals surface area contributed by atoms with E-state index in [0.717, 1.165) is 16.7 Å². The van der Waals surface area contributed by atoms with Crippen LogP contribution in [0.1, 0.15) is 22.3 Å². The van der Waals surface area contributed by atoms with Gasteiger partial charge in [0.15, 0.2) is 11.5 Å². The Bertz CT molecular complexity index is 1130. The SMILES string of the molecule is COc1cc(/C=N\NC(=O)C(=O)NCc2ccc(C)cc2)cc(Cl)c1OCc1ccccc1. The highest BCUT2D eigenvalue weighted by Gasteiger charge is 2.13. The quantitative estimate of drug-likeness (QED) is 0.299. The normalized spacial score (nSPS) is 10.6. The topological polar surface area (TPSA) is 89.0 Å². The van der Waals surface area contributed by atoms with Crippen molar-refractivity contribution in [3.05, 3.63) is 94.0 Å². The molecule has 0 saturated heterocycles. The molecule has 0 fully saturated rings. The third kappa shape index (κ3) is 7.08. The van der Waals surface area contributed by atoms with E-state index in [4.69, 9.17) is 21.1 Å². The van der Waals surface area contributed by atoms with Crippen LogP contribution in [0, 0.1) is 6.92 Å². The van der Waals surface area contributed by atoms with Crippen LogP contribution >= 0.6 is 11.6 Å². The second-order valence-corrected chi connectivity index (χ2v) is 7.58. The minimum atomic E-state index is -0.876. The lowest BCUT2D eigenvalue weighted by atomic mass is 10.1. The standard InChI is InChI=1S/C25H24ClN3O4/c1-17-8-10-18(11-9-17)14-27-24(30)25(31)29-28-15-20-12-21(26)23(22(13-20)32-2)33-16-19-6-4-3-5-7-19/h3-13,15H,14,16H2,1-2H3,(H,27,30)(H,29,31)/b28-15-. The number of hydrazone groups is 1. The van der Waals surface area contributed by atoms with Crippen molar-refractivity contribution in [3.8, 4) is 11.5 Å². The van der Waals surface area contributed by atoms with Gasteiger partial charge in [-0.25, -0.2) is 5.43 Å². The highest BCUT2D eigenvalue weighted by Crippen LogP contribution is 2.36. The maximum absolute atomic E-state index is 12.0. The highest BCUT2D eigenvalue weighted by atomic mass is 35.5. The van der Waals surface area contributed by atoms with Crippen LogP contribution in [0.3, 0.4) is 0 Å². The van der Waals surface area contributed by atoms with Gasteiger partial charge in [0.2, 0.25) is 0 Å². The summed E-state index contributed by atoms with van der Waals surface area (Å²) in [6.07, 6.45) is 1.36. The molecule has 0 aromatic heterocycles. The zero-order valence-electron chi connectivity index (χ0n) is 18.3. The molecule has 2 amide bonds. The number of nitrogens with zero attached hydrogens (tertiary/aromatic N) is 1. The van der Waals surface area contributed by atoms with Gasteiger partial charge in [-0.1, -0.05) is 71.8 Å². The van der Waals surface area contributed by atoms with Crippen molar-refractivity contribution in [1.29, 1.82) is 0 Å². The number of ether oxygens (including phenoxy) is 2. The molecule has 3 aromatic carbocycles. The number of benzene rings is 3. The molecule has 3 aromatic rings. The molecule has 0 radical (unpaired) electrons. The first-order chi connectivity index (χ1) is 16.0. The second kappa shape index (κ2) is 11.7. The van der Waals surface area contributed by atoms with Crippen molar-refractivity contribution in [2.75, 3.05) is 7.11 Å². The third-order valence-electron chi connectivity index (χ3n) is 4.64. The van der Waals surface area contributed by atoms with Crippen molar-refractivity contribution >= 4 is 29.6 Å². The van der Waals surface area contributed by atoms with Crippen molar-refractivity contribution < 1.29 is 19.1 Å². The molecular formula is C25H24ClN3O4. The smallest absolute Gasteiger partial charge is 0.329 e. The van der Waals surface area contributed by atoms with Crippen LogP contribution in [0.4, 0.5) is 0 Å². The van der Waals surface area contributed by atoms with Gasteiger partial charge in [0.1, 0.15) is 6.61 Å². The van der Waals surface area contributed by atoms with Crippen LogP contribution in [-0.2, 0) is 22.7 Å². The van der Waals surface area contributed by atoms with Gasteiger partial charge in [0.25, 0.3) is 0 Å². The predicted molar refractivity (Wildman–Crippen MR) is 128 cm³/mol. The Labute approximate surface area is 197 Å². The van der Waals surface area contributed by atoms with Gasteiger partial charge in [-0.15, -0.1) is 0 Å². The second-order valence-electron chi connectivity index (χ2n) is 7.18.